The topological polar surface area (TPSA) is 109 Å². The van der Waals surface area contributed by atoms with Crippen LogP contribution in [0.3, 0.4) is 0 Å². The number of hydrogen-bond acceptors (Lipinski definition) is 6. The van der Waals surface area contributed by atoms with Crippen LogP contribution in [0.5, 0.6) is 0 Å². The number of fused-ring (bicyclic) bond motifs is 1. The van der Waals surface area contributed by atoms with E-state index in [4.69, 9.17) is 17.3 Å². The highest BCUT2D eigenvalue weighted by atomic mass is 35.5. The van der Waals surface area contributed by atoms with Crippen LogP contribution in [0.15, 0.2) is 46.6 Å². The summed E-state index contributed by atoms with van der Waals surface area (Å²) in [6.07, 6.45) is 2.40. The molecule has 0 atom stereocenters. The number of aliphatic imine (C=N–C) groups is 1. The number of aromatic nitrogens is 3. The number of β-amino-alcohol motifs (C(OH)–C–C–N with tert-alkyl or cyclic N) is 1. The number of amides is 1. The summed E-state index contributed by atoms with van der Waals surface area (Å²) in [5.41, 5.74) is 4.57. The second kappa shape index (κ2) is 8.16. The Balaban J connectivity index is 2.03. The van der Waals surface area contributed by atoms with E-state index >= 15 is 0 Å². The van der Waals surface area contributed by atoms with Crippen molar-refractivity contribution >= 4 is 40.8 Å². The molecule has 0 aromatic carbocycles. The van der Waals surface area contributed by atoms with Gasteiger partial charge in [-0.05, 0) is 25.2 Å². The molecule has 1 aliphatic carbocycles. The minimum Gasteiger partial charge on any atom is -0.389 e. The molecule has 8 nitrogen and oxygen atoms in total. The molecule has 4 rings (SSSR count). The van der Waals surface area contributed by atoms with Gasteiger partial charge in [0.1, 0.15) is 11.4 Å². The standard InChI is InChI=1S/C21H18ClF3N6O2/c1-3-27-15-7-12(22)5-4-11(15)6-14-10(2)28-19-16(18(26)33)17(21(23,24)25)29-31(19)20(14)30-8-13(32)9-30/h3-7,13,32H,1,8-9H2,2H3,(H2,26,33)/b11-6+,27-15?. The number of anilines is 1. The van der Waals surface area contributed by atoms with Crippen molar-refractivity contribution in [2.45, 2.75) is 19.2 Å². The maximum Gasteiger partial charge on any atom is 0.436 e. The quantitative estimate of drug-likeness (QED) is 0.702. The number of halogens is 4. The molecule has 2 aliphatic rings. The van der Waals surface area contributed by atoms with Gasteiger partial charge in [-0.2, -0.15) is 22.8 Å². The number of allylic oxidation sites excluding steroid dienone is 5. The van der Waals surface area contributed by atoms with Gasteiger partial charge >= 0.3 is 6.18 Å². The van der Waals surface area contributed by atoms with E-state index in [9.17, 15) is 23.1 Å². The van der Waals surface area contributed by atoms with Crippen molar-refractivity contribution in [2.75, 3.05) is 18.0 Å². The molecule has 1 aliphatic heterocycles. The van der Waals surface area contributed by atoms with Gasteiger partial charge in [0.05, 0.1) is 17.5 Å². The Morgan fingerprint density at radius 1 is 1.39 bits per heavy atom. The van der Waals surface area contributed by atoms with Crippen LogP contribution in [0, 0.1) is 6.92 Å². The number of rotatable bonds is 4. The third-order valence-electron chi connectivity index (χ3n) is 5.17. The van der Waals surface area contributed by atoms with Crippen molar-refractivity contribution in [2.24, 2.45) is 10.7 Å². The first-order valence-corrected chi connectivity index (χ1v) is 10.1. The third-order valence-corrected chi connectivity index (χ3v) is 5.40. The SMILES string of the molecule is C=CN=C1C=C(Cl)C=C/C1=C\c1c(C)nc2c(C(N)=O)c(C(F)(F)F)nn2c1N1CC(O)C1. The first-order chi connectivity index (χ1) is 15.5. The Labute approximate surface area is 190 Å². The van der Waals surface area contributed by atoms with Gasteiger partial charge in [-0.3, -0.25) is 9.79 Å². The van der Waals surface area contributed by atoms with Crippen molar-refractivity contribution < 1.29 is 23.1 Å². The number of carbonyl (C=O) groups is 1. The zero-order chi connectivity index (χ0) is 24.1. The predicted octanol–water partition coefficient (Wildman–Crippen LogP) is 3.00. The number of nitrogens with two attached hydrogens (primary N) is 1. The smallest absolute Gasteiger partial charge is 0.389 e. The lowest BCUT2D eigenvalue weighted by molar-refractivity contribution is -0.141. The number of aryl methyl sites for hydroxylation is 1. The zero-order valence-electron chi connectivity index (χ0n) is 17.3. The van der Waals surface area contributed by atoms with Gasteiger partial charge in [-0.25, -0.2) is 4.98 Å². The molecule has 33 heavy (non-hydrogen) atoms. The summed E-state index contributed by atoms with van der Waals surface area (Å²) in [4.78, 5) is 22.0. The summed E-state index contributed by atoms with van der Waals surface area (Å²) >= 11 is 6.07. The molecule has 1 saturated heterocycles. The van der Waals surface area contributed by atoms with E-state index in [2.05, 4.69) is 21.7 Å². The highest BCUT2D eigenvalue weighted by molar-refractivity contribution is 6.35. The van der Waals surface area contributed by atoms with Crippen LogP contribution in [-0.4, -0.2) is 50.5 Å². The maximum absolute atomic E-state index is 13.7. The number of aliphatic hydroxyl groups is 1. The predicted molar refractivity (Wildman–Crippen MR) is 118 cm³/mol. The lowest BCUT2D eigenvalue weighted by Crippen LogP contribution is -2.52. The Kier molecular flexibility index (Phi) is 5.62. The molecular weight excluding hydrogens is 461 g/mol. The number of alkyl halides is 3. The molecule has 12 heteroatoms. The van der Waals surface area contributed by atoms with Crippen LogP contribution >= 0.6 is 11.6 Å². The molecule has 0 bridgehead atoms. The summed E-state index contributed by atoms with van der Waals surface area (Å²) < 4.78 is 41.9. The highest BCUT2D eigenvalue weighted by Crippen LogP contribution is 2.37. The van der Waals surface area contributed by atoms with Crippen molar-refractivity contribution in [1.29, 1.82) is 0 Å². The van der Waals surface area contributed by atoms with Gasteiger partial charge in [-0.15, -0.1) is 0 Å². The number of nitrogens with zero attached hydrogens (tertiary/aromatic N) is 5. The van der Waals surface area contributed by atoms with E-state index in [0.717, 1.165) is 4.52 Å². The third kappa shape index (κ3) is 4.05. The van der Waals surface area contributed by atoms with E-state index in [1.807, 2.05) is 0 Å². The van der Waals surface area contributed by atoms with Crippen LogP contribution in [-0.2, 0) is 6.18 Å². The number of hydrogen-bond donors (Lipinski definition) is 2. The summed E-state index contributed by atoms with van der Waals surface area (Å²) in [7, 11) is 0. The van der Waals surface area contributed by atoms with Crippen LogP contribution in [0.2, 0.25) is 0 Å². The molecule has 1 amide bonds. The fourth-order valence-electron chi connectivity index (χ4n) is 3.69. The minimum atomic E-state index is -4.92. The first kappa shape index (κ1) is 22.7. The van der Waals surface area contributed by atoms with Crippen molar-refractivity contribution in [3.05, 3.63) is 64.1 Å². The van der Waals surface area contributed by atoms with Gasteiger partial charge in [0, 0.05) is 35.5 Å². The van der Waals surface area contributed by atoms with Crippen LogP contribution < -0.4 is 10.6 Å². The molecule has 3 heterocycles. The number of aliphatic hydroxyl groups excluding tert-OH is 1. The molecular formula is C21H18ClF3N6O2. The minimum absolute atomic E-state index is 0.164. The summed E-state index contributed by atoms with van der Waals surface area (Å²) in [5, 5.41) is 13.9. The van der Waals surface area contributed by atoms with Crippen LogP contribution in [0.1, 0.15) is 27.3 Å². The first-order valence-electron chi connectivity index (χ1n) is 9.70. The Hall–Kier alpha value is -3.44. The fraction of sp³-hybridized carbons (Fsp3) is 0.238. The zero-order valence-corrected chi connectivity index (χ0v) is 18.0. The second-order valence-electron chi connectivity index (χ2n) is 7.47. The average molecular weight is 479 g/mol. The lowest BCUT2D eigenvalue weighted by Gasteiger charge is -2.38. The number of primary amides is 1. The maximum atomic E-state index is 13.7. The molecule has 2 aromatic rings. The molecule has 1 fully saturated rings. The largest absolute Gasteiger partial charge is 0.436 e. The monoisotopic (exact) mass is 478 g/mol. The number of carbonyl (C=O) groups excluding carboxylic acids is 1. The van der Waals surface area contributed by atoms with E-state index in [1.54, 1.807) is 36.1 Å². The molecule has 3 N–H and O–H groups in total. The summed E-state index contributed by atoms with van der Waals surface area (Å²) in [6, 6.07) is 0. The van der Waals surface area contributed by atoms with Crippen molar-refractivity contribution in [3.63, 3.8) is 0 Å². The lowest BCUT2D eigenvalue weighted by atomic mass is 10.0. The van der Waals surface area contributed by atoms with Gasteiger partial charge < -0.3 is 15.7 Å². The molecule has 0 spiro atoms. The molecule has 172 valence electrons. The van der Waals surface area contributed by atoms with Gasteiger partial charge in [-0.1, -0.05) is 24.3 Å². The van der Waals surface area contributed by atoms with E-state index in [-0.39, 0.29) is 24.6 Å². The van der Waals surface area contributed by atoms with Crippen molar-refractivity contribution in [1.82, 2.24) is 14.6 Å². The fourth-order valence-corrected chi connectivity index (χ4v) is 3.85. The van der Waals surface area contributed by atoms with E-state index in [1.165, 1.54) is 6.20 Å². The molecule has 0 saturated carbocycles. The molecule has 0 unspecified atom stereocenters. The van der Waals surface area contributed by atoms with E-state index in [0.29, 0.717) is 27.6 Å². The van der Waals surface area contributed by atoms with Crippen LogP contribution in [0.4, 0.5) is 19.0 Å². The van der Waals surface area contributed by atoms with Crippen molar-refractivity contribution in [3.8, 4) is 0 Å². The van der Waals surface area contributed by atoms with E-state index < -0.39 is 29.4 Å². The Morgan fingerprint density at radius 2 is 2.09 bits per heavy atom. The normalized spacial score (nSPS) is 19.3. The average Bonchev–Trinajstić information content (AvgIpc) is 3.08. The Morgan fingerprint density at radius 3 is 2.67 bits per heavy atom. The Bertz CT molecular complexity index is 1300. The molecule has 2 aromatic heterocycles. The molecule has 0 radical (unpaired) electrons. The van der Waals surface area contributed by atoms with Gasteiger partial charge in [0.25, 0.3) is 5.91 Å². The highest BCUT2D eigenvalue weighted by Gasteiger charge is 2.42. The van der Waals surface area contributed by atoms with Gasteiger partial charge in [0.2, 0.25) is 0 Å². The second-order valence-corrected chi connectivity index (χ2v) is 7.91. The van der Waals surface area contributed by atoms with Gasteiger partial charge in [0.15, 0.2) is 11.3 Å². The summed E-state index contributed by atoms with van der Waals surface area (Å²) in [5.74, 6) is -1.05. The summed E-state index contributed by atoms with van der Waals surface area (Å²) in [6.45, 7) is 5.51. The van der Waals surface area contributed by atoms with Crippen LogP contribution in [0.25, 0.3) is 11.7 Å².